The number of alkyl halides is 1. The number of allylic oxidation sites excluding steroid dienone is 5. The highest BCUT2D eigenvalue weighted by Crippen LogP contribution is 2.44. The fraction of sp³-hybridized carbons (Fsp3) is 0.0526. The predicted octanol–water partition coefficient (Wildman–Crippen LogP) is 5.43. The molecule has 0 bridgehead atoms. The number of H-pyrrole nitrogens is 1. The number of nitrogens with one attached hydrogen (secondary N) is 1. The third-order valence-electron chi connectivity index (χ3n) is 3.58. The van der Waals surface area contributed by atoms with Crippen LogP contribution in [0.3, 0.4) is 0 Å². The maximum Gasteiger partial charge on any atom is 0.0645 e. The second-order valence-electron chi connectivity index (χ2n) is 4.69. The molecule has 0 radical (unpaired) electrons. The molecule has 1 unspecified atom stereocenters. The third kappa shape index (κ3) is 1.46. The van der Waals surface area contributed by atoms with Gasteiger partial charge in [0.1, 0.15) is 0 Å². The zero-order valence-corrected chi connectivity index (χ0v) is 12.0. The smallest absolute Gasteiger partial charge is 0.0645 e. The first-order valence-electron chi connectivity index (χ1n) is 11.7. The van der Waals surface area contributed by atoms with Gasteiger partial charge in [0.25, 0.3) is 0 Å². The average Bonchev–Trinajstić information content (AvgIpc) is 3.28. The van der Waals surface area contributed by atoms with Crippen LogP contribution in [0.25, 0.3) is 33.4 Å². The highest BCUT2D eigenvalue weighted by atomic mass is 79.9. The van der Waals surface area contributed by atoms with Crippen LogP contribution in [0.1, 0.15) is 26.2 Å². The Morgan fingerprint density at radius 1 is 1.14 bits per heavy atom. The molecule has 1 aromatic heterocycles. The molecule has 1 heterocycles. The van der Waals surface area contributed by atoms with Gasteiger partial charge in [0, 0.05) is 21.9 Å². The van der Waals surface area contributed by atoms with Gasteiger partial charge in [0.15, 0.2) is 0 Å². The van der Waals surface area contributed by atoms with Crippen LogP contribution in [0.4, 0.5) is 0 Å². The Morgan fingerprint density at radius 2 is 2.05 bits per heavy atom. The van der Waals surface area contributed by atoms with Gasteiger partial charge in [-0.3, -0.25) is 0 Å². The predicted molar refractivity (Wildman–Crippen MR) is 93.6 cm³/mol. The number of benzene rings is 2. The topological polar surface area (TPSA) is 15.8 Å². The standard InChI is InChI=1S/C19H12BrN/c20-17-6-3-5-11-12-8-9-14-13-4-1-2-7-18(13)21-19(14)16(12)10-15(11)17/h1-10,17,21H/i1D,2D,3D,4D,5D,6D,7D,8D,9D,10D,17D. The fourth-order valence-electron chi connectivity index (χ4n) is 2.66. The lowest BCUT2D eigenvalue weighted by atomic mass is 9.96. The van der Waals surface area contributed by atoms with E-state index in [0.29, 0.717) is 0 Å². The molecule has 0 spiro atoms. The van der Waals surface area contributed by atoms with Crippen LogP contribution in [0, 0.1) is 0 Å². The summed E-state index contributed by atoms with van der Waals surface area (Å²) in [7, 11) is 0. The Balaban J connectivity index is 2.07. The van der Waals surface area contributed by atoms with Gasteiger partial charge in [0.05, 0.1) is 25.4 Å². The zero-order chi connectivity index (χ0) is 23.6. The molecule has 5 rings (SSSR count). The van der Waals surface area contributed by atoms with Crippen LogP contribution in [0.5, 0.6) is 0 Å². The maximum atomic E-state index is 8.77. The van der Waals surface area contributed by atoms with Crippen molar-refractivity contribution in [3.8, 4) is 0 Å². The Morgan fingerprint density at radius 3 is 3.00 bits per heavy atom. The lowest BCUT2D eigenvalue weighted by Crippen LogP contribution is -2.00. The molecule has 1 nitrogen and oxygen atoms in total. The van der Waals surface area contributed by atoms with Crippen LogP contribution in [-0.2, 0) is 0 Å². The highest BCUT2D eigenvalue weighted by molar-refractivity contribution is 9.09. The fourth-order valence-corrected chi connectivity index (χ4v) is 3.05. The highest BCUT2D eigenvalue weighted by Gasteiger charge is 2.26. The number of aromatic nitrogens is 1. The normalized spacial score (nSPS) is 32.3. The molecule has 21 heavy (non-hydrogen) atoms. The maximum absolute atomic E-state index is 8.77. The number of halogens is 1. The van der Waals surface area contributed by atoms with Crippen LogP contribution in [0.15, 0.2) is 60.0 Å². The minimum absolute atomic E-state index is 0.00244. The van der Waals surface area contributed by atoms with E-state index in [1.807, 2.05) is 0 Å². The first-order chi connectivity index (χ1) is 14.8. The van der Waals surface area contributed by atoms with Crippen molar-refractivity contribution in [3.63, 3.8) is 0 Å². The van der Waals surface area contributed by atoms with E-state index >= 15 is 0 Å². The molecule has 2 aliphatic carbocycles. The van der Waals surface area contributed by atoms with Gasteiger partial charge in [-0.25, -0.2) is 0 Å². The minimum Gasteiger partial charge on any atom is -0.354 e. The number of hydrogen-bond acceptors (Lipinski definition) is 0. The van der Waals surface area contributed by atoms with E-state index in [-0.39, 0.29) is 74.3 Å². The molecule has 1 atom stereocenters. The van der Waals surface area contributed by atoms with Crippen molar-refractivity contribution in [2.24, 2.45) is 0 Å². The molecule has 2 aliphatic rings. The Hall–Kier alpha value is -2.06. The molecule has 0 amide bonds. The van der Waals surface area contributed by atoms with Crippen molar-refractivity contribution in [1.82, 2.24) is 4.98 Å². The summed E-state index contributed by atoms with van der Waals surface area (Å²) in [5, 5.41) is 0.0682. The molecule has 2 aromatic carbocycles. The second kappa shape index (κ2) is 3.99. The van der Waals surface area contributed by atoms with E-state index in [9.17, 15) is 0 Å². The summed E-state index contributed by atoms with van der Waals surface area (Å²) in [6.45, 7) is 0. The second-order valence-corrected chi connectivity index (χ2v) is 5.48. The van der Waals surface area contributed by atoms with Gasteiger partial charge in [0.2, 0.25) is 0 Å². The summed E-state index contributed by atoms with van der Waals surface area (Å²) in [4.78, 5) is 0.889. The van der Waals surface area contributed by atoms with Gasteiger partial charge in [-0.15, -0.1) is 0 Å². The quantitative estimate of drug-likeness (QED) is 0.523. The van der Waals surface area contributed by atoms with E-state index in [1.54, 1.807) is 0 Å². The molecule has 0 fully saturated rings. The molecule has 2 heteroatoms. The van der Waals surface area contributed by atoms with Crippen molar-refractivity contribution in [3.05, 3.63) is 71.1 Å². The first-order valence-corrected chi connectivity index (χ1v) is 6.98. The van der Waals surface area contributed by atoms with E-state index < -0.39 is 35.0 Å². The van der Waals surface area contributed by atoms with Crippen molar-refractivity contribution in [2.45, 2.75) is 4.80 Å². The summed E-state index contributed by atoms with van der Waals surface area (Å²) in [6, 6.07) is -4.19. The van der Waals surface area contributed by atoms with Gasteiger partial charge in [-0.2, -0.15) is 0 Å². The molecule has 0 saturated heterocycles. The van der Waals surface area contributed by atoms with Gasteiger partial charge >= 0.3 is 0 Å². The van der Waals surface area contributed by atoms with Crippen LogP contribution in [0.2, 0.25) is 0 Å². The lowest BCUT2D eigenvalue weighted by Gasteiger charge is -2.13. The Bertz CT molecular complexity index is 1540. The van der Waals surface area contributed by atoms with E-state index in [1.165, 1.54) is 0 Å². The third-order valence-corrected chi connectivity index (χ3v) is 4.17. The zero-order valence-electron chi connectivity index (χ0n) is 21.4. The summed E-state index contributed by atoms with van der Waals surface area (Å²) in [5.74, 6) is 0. The van der Waals surface area contributed by atoms with E-state index in [2.05, 4.69) is 20.9 Å². The van der Waals surface area contributed by atoms with E-state index in [4.69, 9.17) is 15.1 Å². The van der Waals surface area contributed by atoms with Crippen LogP contribution >= 0.6 is 15.9 Å². The SMILES string of the molecule is [2H]C1=C2C(=C([2H])c3c2c([2H])c([2H])c2c3[nH]c3c([2H])c([2H])c([2H])c([2H])c32)C([2H])(Br)C([2H])=C1[2H]. The Kier molecular flexibility index (Phi) is 1.00. The Labute approximate surface area is 146 Å². The van der Waals surface area contributed by atoms with Crippen LogP contribution in [-0.4, -0.2) is 9.79 Å². The number of fused-ring (bicyclic) bond motifs is 7. The summed E-state index contributed by atoms with van der Waals surface area (Å²) in [6.07, 6.45) is 0. The largest absolute Gasteiger partial charge is 0.354 e. The number of rotatable bonds is 0. The first kappa shape index (κ1) is 5.29. The van der Waals surface area contributed by atoms with Crippen molar-refractivity contribution < 1.29 is 15.1 Å². The molecular formula is C19H12BrN. The number of para-hydroxylation sites is 1. The summed E-state index contributed by atoms with van der Waals surface area (Å²) < 4.78 is 91.6. The van der Waals surface area contributed by atoms with Gasteiger partial charge < -0.3 is 4.98 Å². The molecule has 0 aliphatic heterocycles. The average molecular weight is 345 g/mol. The van der Waals surface area contributed by atoms with Crippen molar-refractivity contribution in [2.75, 3.05) is 0 Å². The van der Waals surface area contributed by atoms with Crippen molar-refractivity contribution >= 4 is 49.4 Å². The molecular weight excluding hydrogens is 322 g/mol. The van der Waals surface area contributed by atoms with Gasteiger partial charge in [-0.05, 0) is 28.8 Å². The monoisotopic (exact) mass is 344 g/mol. The number of hydrogen-bond donors (Lipinski definition) is 1. The molecule has 3 aromatic rings. The molecule has 0 saturated carbocycles. The van der Waals surface area contributed by atoms with E-state index in [0.717, 1.165) is 0 Å². The van der Waals surface area contributed by atoms with Crippen molar-refractivity contribution in [1.29, 1.82) is 0 Å². The van der Waals surface area contributed by atoms with Crippen LogP contribution < -0.4 is 0 Å². The van der Waals surface area contributed by atoms with Gasteiger partial charge in [-0.1, -0.05) is 64.3 Å². The minimum atomic E-state index is -2.00. The lowest BCUT2D eigenvalue weighted by molar-refractivity contribution is 1.35. The molecule has 100 valence electrons. The summed E-state index contributed by atoms with van der Waals surface area (Å²) >= 11 is 3.09. The number of aromatic amines is 1. The summed E-state index contributed by atoms with van der Waals surface area (Å²) in [5.41, 5.74) is 0.0895. The molecule has 1 N–H and O–H groups in total.